The Bertz CT molecular complexity index is 1430. The van der Waals surface area contributed by atoms with Crippen molar-refractivity contribution in [2.75, 3.05) is 25.7 Å². The number of ether oxygens (including phenoxy) is 2. The molecule has 0 aliphatic heterocycles. The summed E-state index contributed by atoms with van der Waals surface area (Å²) in [6, 6.07) is 14.4. The summed E-state index contributed by atoms with van der Waals surface area (Å²) in [6.07, 6.45) is -0.835. The average Bonchev–Trinajstić information content (AvgIpc) is 3.27. The predicted molar refractivity (Wildman–Crippen MR) is 156 cm³/mol. The number of oxazole rings is 1. The molecule has 0 bridgehead atoms. The third-order valence-electron chi connectivity index (χ3n) is 6.32. The number of aliphatic hydroxyl groups is 1. The first kappa shape index (κ1) is 32.6. The fourth-order valence-corrected chi connectivity index (χ4v) is 5.07. The summed E-state index contributed by atoms with van der Waals surface area (Å²) >= 11 is 0. The first-order valence-electron chi connectivity index (χ1n) is 13.3. The van der Waals surface area contributed by atoms with E-state index >= 15 is 0 Å². The molecule has 2 aromatic carbocycles. The van der Waals surface area contributed by atoms with E-state index in [1.54, 1.807) is 21.0 Å². The molecule has 0 unspecified atom stereocenters. The van der Waals surface area contributed by atoms with E-state index in [0.29, 0.717) is 29.6 Å². The van der Waals surface area contributed by atoms with Crippen LogP contribution in [0.5, 0.6) is 5.75 Å². The normalized spacial score (nSPS) is 13.5. The average molecular weight is 603 g/mol. The van der Waals surface area contributed by atoms with Crippen LogP contribution in [-0.2, 0) is 38.9 Å². The van der Waals surface area contributed by atoms with Crippen molar-refractivity contribution in [3.8, 4) is 5.75 Å². The van der Waals surface area contributed by atoms with E-state index in [0.717, 1.165) is 17.4 Å². The van der Waals surface area contributed by atoms with Crippen LogP contribution in [0.25, 0.3) is 0 Å². The number of aliphatic hydroxyl groups excluding tert-OH is 1. The summed E-state index contributed by atoms with van der Waals surface area (Å²) in [5.74, 6) is 0.139. The molecule has 4 N–H and O–H groups in total. The van der Waals surface area contributed by atoms with E-state index in [4.69, 9.17) is 13.9 Å². The molecule has 0 aliphatic rings. The van der Waals surface area contributed by atoms with E-state index in [1.807, 2.05) is 54.6 Å². The van der Waals surface area contributed by atoms with Gasteiger partial charge in [0.2, 0.25) is 5.91 Å². The van der Waals surface area contributed by atoms with Crippen molar-refractivity contribution in [3.63, 3.8) is 0 Å². The van der Waals surface area contributed by atoms with Gasteiger partial charge in [0.1, 0.15) is 39.7 Å². The van der Waals surface area contributed by atoms with Crippen LogP contribution >= 0.6 is 0 Å². The van der Waals surface area contributed by atoms with Gasteiger partial charge in [-0.05, 0) is 36.6 Å². The minimum Gasteiger partial charge on any atom is -0.497 e. The van der Waals surface area contributed by atoms with Crippen molar-refractivity contribution in [1.29, 1.82) is 0 Å². The van der Waals surface area contributed by atoms with Crippen LogP contribution in [0.15, 0.2) is 59.0 Å². The lowest BCUT2D eigenvalue weighted by Gasteiger charge is -2.27. The number of methoxy groups -OCH3 is 1. The van der Waals surface area contributed by atoms with Gasteiger partial charge in [-0.2, -0.15) is 0 Å². The highest BCUT2D eigenvalue weighted by Crippen LogP contribution is 2.13. The fraction of sp³-hybridized carbons (Fsp3) is 0.414. The maximum Gasteiger partial charge on any atom is 0.408 e. The number of hydrogen-bond acceptors (Lipinski definition) is 10. The van der Waals surface area contributed by atoms with Crippen LogP contribution in [0.2, 0.25) is 0 Å². The van der Waals surface area contributed by atoms with Gasteiger partial charge in [-0.3, -0.25) is 4.79 Å². The third-order valence-corrected chi connectivity index (χ3v) is 7.26. The predicted octanol–water partition coefficient (Wildman–Crippen LogP) is 1.82. The SMILES string of the molecule is COc1cccc(CNC[C@@H](O)[C@H](Cc2ccccc2)NC(=O)[C@H](CS(C)(=O)=O)NC(=O)OCc2nc(C)oc2C)c1. The Morgan fingerprint density at radius 3 is 2.40 bits per heavy atom. The van der Waals surface area contributed by atoms with Crippen molar-refractivity contribution in [2.45, 2.75) is 51.6 Å². The lowest BCUT2D eigenvalue weighted by atomic mass is 10.0. The van der Waals surface area contributed by atoms with E-state index in [1.165, 1.54) is 0 Å². The molecule has 2 amide bonds. The molecule has 3 aromatic rings. The van der Waals surface area contributed by atoms with Crippen LogP contribution in [0.1, 0.15) is 28.5 Å². The van der Waals surface area contributed by atoms with E-state index < -0.39 is 45.8 Å². The number of nitrogens with one attached hydrogen (secondary N) is 3. The van der Waals surface area contributed by atoms with Crippen LogP contribution in [0, 0.1) is 13.8 Å². The largest absolute Gasteiger partial charge is 0.497 e. The van der Waals surface area contributed by atoms with Crippen LogP contribution < -0.4 is 20.7 Å². The smallest absolute Gasteiger partial charge is 0.408 e. The van der Waals surface area contributed by atoms with E-state index in [2.05, 4.69) is 20.9 Å². The maximum absolute atomic E-state index is 13.3. The second-order valence-electron chi connectivity index (χ2n) is 9.96. The summed E-state index contributed by atoms with van der Waals surface area (Å²) in [7, 11) is -2.11. The molecular weight excluding hydrogens is 564 g/mol. The number of rotatable bonds is 15. The van der Waals surface area contributed by atoms with Gasteiger partial charge < -0.3 is 34.9 Å². The molecule has 0 fully saturated rings. The second kappa shape index (κ2) is 15.3. The highest BCUT2D eigenvalue weighted by Gasteiger charge is 2.30. The number of aromatic nitrogens is 1. The highest BCUT2D eigenvalue weighted by molar-refractivity contribution is 7.90. The molecule has 13 heteroatoms. The van der Waals surface area contributed by atoms with Gasteiger partial charge in [0.05, 0.1) is 25.0 Å². The number of carbonyl (C=O) groups excluding carboxylic acids is 2. The number of alkyl carbamates (subject to hydrolysis) is 1. The van der Waals surface area contributed by atoms with Gasteiger partial charge in [0.15, 0.2) is 5.89 Å². The monoisotopic (exact) mass is 602 g/mol. The number of amides is 2. The van der Waals surface area contributed by atoms with Gasteiger partial charge in [-0.15, -0.1) is 0 Å². The van der Waals surface area contributed by atoms with Crippen LogP contribution in [0.3, 0.4) is 0 Å². The van der Waals surface area contributed by atoms with Gasteiger partial charge in [-0.25, -0.2) is 18.2 Å². The third kappa shape index (κ3) is 10.8. The number of nitrogens with zero attached hydrogens (tertiary/aromatic N) is 1. The Morgan fingerprint density at radius 2 is 1.76 bits per heavy atom. The molecule has 1 heterocycles. The van der Waals surface area contributed by atoms with Gasteiger partial charge in [0, 0.05) is 26.3 Å². The number of sulfone groups is 1. The Morgan fingerprint density at radius 1 is 1.05 bits per heavy atom. The standard InChI is InChI=1S/C29H38N4O8S/c1-19-25(31-20(2)41-19)17-40-29(36)33-26(18-42(4,37)38)28(35)32-24(14-21-9-6-5-7-10-21)27(34)16-30-15-22-11-8-12-23(13-22)39-3/h5-13,24,26-27,30,34H,14-18H2,1-4H3,(H,32,35)(H,33,36)/t24-,26-,27+/m0/s1. The molecule has 0 radical (unpaired) electrons. The second-order valence-corrected chi connectivity index (χ2v) is 12.1. The van der Waals surface area contributed by atoms with Gasteiger partial charge in [-0.1, -0.05) is 42.5 Å². The van der Waals surface area contributed by atoms with Gasteiger partial charge in [0.25, 0.3) is 0 Å². The topological polar surface area (TPSA) is 169 Å². The first-order chi connectivity index (χ1) is 19.9. The molecule has 3 atom stereocenters. The van der Waals surface area contributed by atoms with E-state index in [-0.39, 0.29) is 19.6 Å². The number of carbonyl (C=O) groups is 2. The molecule has 3 rings (SSSR count). The zero-order chi connectivity index (χ0) is 30.7. The highest BCUT2D eigenvalue weighted by atomic mass is 32.2. The molecule has 0 saturated heterocycles. The summed E-state index contributed by atoms with van der Waals surface area (Å²) in [4.78, 5) is 30.0. The summed E-state index contributed by atoms with van der Waals surface area (Å²) in [6.45, 7) is 3.65. The molecule has 1 aromatic heterocycles. The van der Waals surface area contributed by atoms with Crippen molar-refractivity contribution in [2.24, 2.45) is 0 Å². The summed E-state index contributed by atoms with van der Waals surface area (Å²) in [5.41, 5.74) is 2.19. The number of aryl methyl sites for hydroxylation is 2. The minimum absolute atomic E-state index is 0.123. The van der Waals surface area contributed by atoms with Crippen LogP contribution in [-0.4, -0.2) is 74.4 Å². The molecule has 12 nitrogen and oxygen atoms in total. The lowest BCUT2D eigenvalue weighted by Crippen LogP contribution is -2.56. The van der Waals surface area contributed by atoms with Crippen molar-refractivity contribution < 1.29 is 37.0 Å². The molecule has 0 spiro atoms. The minimum atomic E-state index is -3.69. The van der Waals surface area contributed by atoms with Crippen molar-refractivity contribution in [3.05, 3.63) is 83.1 Å². The first-order valence-corrected chi connectivity index (χ1v) is 15.4. The molecule has 42 heavy (non-hydrogen) atoms. The Balaban J connectivity index is 1.68. The number of benzene rings is 2. The fourth-order valence-electron chi connectivity index (χ4n) is 4.23. The lowest BCUT2D eigenvalue weighted by molar-refractivity contribution is -0.124. The van der Waals surface area contributed by atoms with E-state index in [9.17, 15) is 23.1 Å². The van der Waals surface area contributed by atoms with Gasteiger partial charge >= 0.3 is 6.09 Å². The zero-order valence-corrected chi connectivity index (χ0v) is 24.9. The van der Waals surface area contributed by atoms with Crippen molar-refractivity contribution >= 4 is 21.8 Å². The Hall–Kier alpha value is -3.94. The number of hydrogen-bond donors (Lipinski definition) is 4. The molecular formula is C29H38N4O8S. The van der Waals surface area contributed by atoms with Crippen molar-refractivity contribution in [1.82, 2.24) is 20.9 Å². The quantitative estimate of drug-likeness (QED) is 0.201. The summed E-state index contributed by atoms with van der Waals surface area (Å²) < 4.78 is 40.0. The van der Waals surface area contributed by atoms with Crippen LogP contribution in [0.4, 0.5) is 4.79 Å². The molecule has 0 saturated carbocycles. The molecule has 228 valence electrons. The summed E-state index contributed by atoms with van der Waals surface area (Å²) in [5, 5.41) is 19.3. The maximum atomic E-state index is 13.3. The molecule has 0 aliphatic carbocycles. The Labute approximate surface area is 245 Å². The zero-order valence-electron chi connectivity index (χ0n) is 24.1. The Kier molecular flexibility index (Phi) is 11.9.